The van der Waals surface area contributed by atoms with Gasteiger partial charge < -0.3 is 0 Å². The number of rotatable bonds is 3. The Hall–Kier alpha value is 0.380. The van der Waals surface area contributed by atoms with Crippen molar-refractivity contribution in [2.24, 2.45) is 0 Å². The van der Waals surface area contributed by atoms with Crippen molar-refractivity contribution >= 4 is 27.6 Å². The van der Waals surface area contributed by atoms with Gasteiger partial charge in [-0.25, -0.2) is 0 Å². The molecule has 0 radical (unpaired) electrons. The first kappa shape index (κ1) is 10.5. The van der Waals surface area contributed by atoms with Gasteiger partial charge in [-0.05, 0) is 29.8 Å². The fourth-order valence-corrected chi connectivity index (χ4v) is 3.03. The molecule has 0 aromatic heterocycles. The van der Waals surface area contributed by atoms with Crippen LogP contribution in [0.15, 0.2) is 24.3 Å². The summed E-state index contributed by atoms with van der Waals surface area (Å²) in [5, 5.41) is 0. The van der Waals surface area contributed by atoms with Gasteiger partial charge in [0.25, 0.3) is 0 Å². The van der Waals surface area contributed by atoms with Crippen LogP contribution in [0.25, 0.3) is 0 Å². The van der Waals surface area contributed by atoms with Gasteiger partial charge in [0.1, 0.15) is 0 Å². The van der Waals surface area contributed by atoms with Crippen molar-refractivity contribution in [1.29, 1.82) is 0 Å². The summed E-state index contributed by atoms with van der Waals surface area (Å²) in [6, 6.07) is 9.00. The molecule has 2 heteroatoms. The zero-order chi connectivity index (χ0) is 8.97. The second-order valence-electron chi connectivity index (χ2n) is 2.93. The Morgan fingerprint density at radius 3 is 2.08 bits per heavy atom. The highest BCUT2D eigenvalue weighted by Crippen LogP contribution is 2.43. The smallest absolute Gasteiger partial charge is 0.00150 e. The molecule has 0 N–H and O–H groups in total. The molecule has 0 saturated carbocycles. The molecule has 0 aliphatic rings. The van der Waals surface area contributed by atoms with E-state index in [-0.39, 0.29) is 5.56 Å². The second kappa shape index (κ2) is 5.18. The Bertz CT molecular complexity index is 228. The summed E-state index contributed by atoms with van der Waals surface area (Å²) in [7, 11) is 0. The van der Waals surface area contributed by atoms with Crippen molar-refractivity contribution in [2.45, 2.75) is 19.5 Å². The van der Waals surface area contributed by atoms with E-state index in [9.17, 15) is 0 Å². The SMILES string of the molecule is CCc1ccc(CP(C)I)cc1. The summed E-state index contributed by atoms with van der Waals surface area (Å²) < 4.78 is 0. The fourth-order valence-electron chi connectivity index (χ4n) is 1.13. The van der Waals surface area contributed by atoms with Crippen LogP contribution in [0.3, 0.4) is 0 Å². The van der Waals surface area contributed by atoms with E-state index in [0.29, 0.717) is 0 Å². The van der Waals surface area contributed by atoms with Gasteiger partial charge in [-0.1, -0.05) is 53.2 Å². The molecular formula is C10H14IP. The third-order valence-electron chi connectivity index (χ3n) is 1.83. The molecule has 0 fully saturated rings. The van der Waals surface area contributed by atoms with E-state index in [2.05, 4.69) is 59.9 Å². The first-order valence-corrected chi connectivity index (χ1v) is 8.93. The third-order valence-corrected chi connectivity index (χ3v) is 3.66. The standard InChI is InChI=1S/C10H14IP/c1-3-9-4-6-10(7-5-9)8-12(2)11/h4-7H,3,8H2,1-2H3. The van der Waals surface area contributed by atoms with E-state index in [1.54, 1.807) is 0 Å². The molecule has 0 bridgehead atoms. The highest BCUT2D eigenvalue weighted by Gasteiger charge is 1.97. The van der Waals surface area contributed by atoms with Gasteiger partial charge in [-0.3, -0.25) is 0 Å². The Morgan fingerprint density at radius 2 is 1.67 bits per heavy atom. The molecule has 0 saturated heterocycles. The fraction of sp³-hybridized carbons (Fsp3) is 0.400. The summed E-state index contributed by atoms with van der Waals surface area (Å²) in [6.45, 7) is 4.50. The molecule has 0 aliphatic carbocycles. The highest BCUT2D eigenvalue weighted by atomic mass is 127. The summed E-state index contributed by atoms with van der Waals surface area (Å²) >= 11 is 2.53. The van der Waals surface area contributed by atoms with Crippen molar-refractivity contribution in [3.8, 4) is 0 Å². The van der Waals surface area contributed by atoms with Crippen LogP contribution in [0.1, 0.15) is 18.1 Å². The number of hydrogen-bond acceptors (Lipinski definition) is 0. The molecule has 1 aromatic rings. The van der Waals surface area contributed by atoms with Crippen molar-refractivity contribution in [1.82, 2.24) is 0 Å². The second-order valence-corrected chi connectivity index (χ2v) is 9.40. The monoisotopic (exact) mass is 292 g/mol. The van der Waals surface area contributed by atoms with Gasteiger partial charge in [0.15, 0.2) is 0 Å². The number of benzene rings is 1. The maximum atomic E-state index is 2.53. The molecule has 1 aromatic carbocycles. The number of halogens is 1. The Morgan fingerprint density at radius 1 is 1.17 bits per heavy atom. The molecule has 66 valence electrons. The molecule has 1 rings (SSSR count). The van der Waals surface area contributed by atoms with E-state index in [4.69, 9.17) is 0 Å². The Kier molecular flexibility index (Phi) is 4.52. The van der Waals surface area contributed by atoms with Crippen molar-refractivity contribution in [2.75, 3.05) is 6.66 Å². The molecule has 1 unspecified atom stereocenters. The lowest BCUT2D eigenvalue weighted by atomic mass is 10.1. The average Bonchev–Trinajstić information content (AvgIpc) is 2.05. The van der Waals surface area contributed by atoms with E-state index < -0.39 is 0 Å². The lowest BCUT2D eigenvalue weighted by Crippen LogP contribution is -1.82. The first-order valence-electron chi connectivity index (χ1n) is 4.17. The topological polar surface area (TPSA) is 0 Å². The Labute approximate surface area is 89.0 Å². The maximum absolute atomic E-state index is 2.53. The highest BCUT2D eigenvalue weighted by molar-refractivity contribution is 14.2. The summed E-state index contributed by atoms with van der Waals surface area (Å²) in [5.74, 6) is 0. The number of hydrogen-bond donors (Lipinski definition) is 0. The average molecular weight is 292 g/mol. The molecule has 1 atom stereocenters. The maximum Gasteiger partial charge on any atom is 0.00150 e. The molecule has 12 heavy (non-hydrogen) atoms. The summed E-state index contributed by atoms with van der Waals surface area (Å²) in [4.78, 5) is 0. The van der Waals surface area contributed by atoms with E-state index in [0.717, 1.165) is 6.42 Å². The lowest BCUT2D eigenvalue weighted by molar-refractivity contribution is 1.13. The first-order chi connectivity index (χ1) is 5.72. The molecule has 0 aliphatic heterocycles. The van der Waals surface area contributed by atoms with E-state index >= 15 is 0 Å². The van der Waals surface area contributed by atoms with Crippen LogP contribution in [0, 0.1) is 0 Å². The van der Waals surface area contributed by atoms with Crippen LogP contribution in [0.5, 0.6) is 0 Å². The van der Waals surface area contributed by atoms with E-state index in [1.807, 2.05) is 0 Å². The minimum absolute atomic E-state index is 0.179. The Balaban J connectivity index is 2.65. The third kappa shape index (κ3) is 3.40. The molecule has 0 heterocycles. The van der Waals surface area contributed by atoms with Crippen LogP contribution in [0.4, 0.5) is 0 Å². The van der Waals surface area contributed by atoms with Crippen LogP contribution in [-0.4, -0.2) is 6.66 Å². The van der Waals surface area contributed by atoms with E-state index in [1.165, 1.54) is 17.3 Å². The van der Waals surface area contributed by atoms with Gasteiger partial charge in [-0.2, -0.15) is 0 Å². The van der Waals surface area contributed by atoms with Gasteiger partial charge >= 0.3 is 0 Å². The summed E-state index contributed by atoms with van der Waals surface area (Å²) in [6.07, 6.45) is 2.39. The van der Waals surface area contributed by atoms with Gasteiger partial charge in [0.2, 0.25) is 0 Å². The largest absolute Gasteiger partial charge is 0.0613 e. The predicted molar refractivity (Wildman–Crippen MR) is 66.4 cm³/mol. The minimum atomic E-state index is 0.179. The molecular weight excluding hydrogens is 278 g/mol. The molecule has 0 spiro atoms. The van der Waals surface area contributed by atoms with Crippen molar-refractivity contribution in [3.05, 3.63) is 35.4 Å². The molecule has 0 amide bonds. The van der Waals surface area contributed by atoms with Crippen LogP contribution >= 0.6 is 27.6 Å². The van der Waals surface area contributed by atoms with Crippen molar-refractivity contribution < 1.29 is 0 Å². The quantitative estimate of drug-likeness (QED) is 0.578. The van der Waals surface area contributed by atoms with Crippen LogP contribution < -0.4 is 0 Å². The zero-order valence-electron chi connectivity index (χ0n) is 7.55. The van der Waals surface area contributed by atoms with Crippen LogP contribution in [-0.2, 0) is 12.6 Å². The van der Waals surface area contributed by atoms with Gasteiger partial charge in [0.05, 0.1) is 0 Å². The lowest BCUT2D eigenvalue weighted by Gasteiger charge is -2.04. The zero-order valence-corrected chi connectivity index (χ0v) is 10.6. The normalized spacial score (nSPS) is 12.9. The summed E-state index contributed by atoms with van der Waals surface area (Å²) in [5.41, 5.74) is 3.10. The molecule has 0 nitrogen and oxygen atoms in total. The van der Waals surface area contributed by atoms with Crippen LogP contribution in [0.2, 0.25) is 0 Å². The predicted octanol–water partition coefficient (Wildman–Crippen LogP) is 4.21. The minimum Gasteiger partial charge on any atom is -0.0613 e. The number of aryl methyl sites for hydroxylation is 1. The van der Waals surface area contributed by atoms with Gasteiger partial charge in [-0.15, -0.1) is 0 Å². The van der Waals surface area contributed by atoms with Crippen molar-refractivity contribution in [3.63, 3.8) is 0 Å². The van der Waals surface area contributed by atoms with Gasteiger partial charge in [0, 0.05) is 6.16 Å².